The number of carbonyl (C=O) groups is 1. The molecule has 0 aromatic heterocycles. The molecule has 0 atom stereocenters. The number of amides is 1. The molecule has 6 nitrogen and oxygen atoms in total. The van der Waals surface area contributed by atoms with Crippen LogP contribution in [0, 0.1) is 6.92 Å². The van der Waals surface area contributed by atoms with Gasteiger partial charge in [-0.25, -0.2) is 0 Å². The first-order chi connectivity index (χ1) is 14.5. The lowest BCUT2D eigenvalue weighted by Crippen LogP contribution is -2.48. The number of carbonyl (C=O) groups excluding carboxylic acids is 1. The summed E-state index contributed by atoms with van der Waals surface area (Å²) in [5.74, 6) is 1.56. The smallest absolute Gasteiger partial charge is 0.238 e. The summed E-state index contributed by atoms with van der Waals surface area (Å²) in [6.45, 7) is 7.02. The van der Waals surface area contributed by atoms with Crippen LogP contribution in [0.4, 0.5) is 5.69 Å². The van der Waals surface area contributed by atoms with Gasteiger partial charge in [0.15, 0.2) is 11.5 Å². The summed E-state index contributed by atoms with van der Waals surface area (Å²) in [6, 6.07) is 12.0. The maximum absolute atomic E-state index is 12.4. The van der Waals surface area contributed by atoms with E-state index in [0.29, 0.717) is 6.54 Å². The molecule has 162 valence electrons. The standard InChI is InChI=1S/C23H31N3O3S/c1-17-13-21(28-2)22(29-3)14-18(17)15-25-9-11-26(12-10-25)16-23(27)24-19-5-7-20(30-4)8-6-19/h5-8,13-14H,9-12,15-16H2,1-4H3,(H,24,27). The van der Waals surface area contributed by atoms with E-state index >= 15 is 0 Å². The summed E-state index contributed by atoms with van der Waals surface area (Å²) in [7, 11) is 3.32. The SMILES string of the molecule is COc1cc(C)c(CN2CCN(CC(=O)Nc3ccc(SC)cc3)CC2)cc1OC. The first-order valence-corrected chi connectivity index (χ1v) is 11.3. The van der Waals surface area contributed by atoms with Gasteiger partial charge in [0, 0.05) is 43.3 Å². The number of piperazine rings is 1. The van der Waals surface area contributed by atoms with Crippen LogP contribution in [-0.4, -0.2) is 68.9 Å². The number of ether oxygens (including phenoxy) is 2. The summed E-state index contributed by atoms with van der Waals surface area (Å²) in [5.41, 5.74) is 3.29. The topological polar surface area (TPSA) is 54.0 Å². The van der Waals surface area contributed by atoms with Crippen molar-refractivity contribution in [3.63, 3.8) is 0 Å². The number of nitrogens with one attached hydrogen (secondary N) is 1. The fourth-order valence-corrected chi connectivity index (χ4v) is 4.03. The highest BCUT2D eigenvalue weighted by molar-refractivity contribution is 7.98. The third-order valence-electron chi connectivity index (χ3n) is 5.44. The molecule has 1 heterocycles. The first kappa shape index (κ1) is 22.5. The molecule has 1 N–H and O–H groups in total. The summed E-state index contributed by atoms with van der Waals surface area (Å²) in [5, 5.41) is 2.99. The minimum Gasteiger partial charge on any atom is -0.493 e. The number of benzene rings is 2. The van der Waals surface area contributed by atoms with Gasteiger partial charge in [0.2, 0.25) is 5.91 Å². The molecule has 1 aliphatic heterocycles. The molecule has 1 fully saturated rings. The predicted octanol–water partition coefficient (Wildman–Crippen LogP) is 3.49. The molecular weight excluding hydrogens is 398 g/mol. The lowest BCUT2D eigenvalue weighted by atomic mass is 10.1. The Morgan fingerprint density at radius 1 is 1.00 bits per heavy atom. The summed E-state index contributed by atoms with van der Waals surface area (Å²) >= 11 is 1.69. The highest BCUT2D eigenvalue weighted by Gasteiger charge is 2.20. The van der Waals surface area contributed by atoms with E-state index in [0.717, 1.165) is 49.9 Å². The van der Waals surface area contributed by atoms with Crippen molar-refractivity contribution in [3.8, 4) is 11.5 Å². The molecular formula is C23H31N3O3S. The minimum absolute atomic E-state index is 0.0380. The predicted molar refractivity (Wildman–Crippen MR) is 123 cm³/mol. The Morgan fingerprint density at radius 3 is 2.20 bits per heavy atom. The zero-order valence-electron chi connectivity index (χ0n) is 18.2. The first-order valence-electron chi connectivity index (χ1n) is 10.1. The van der Waals surface area contributed by atoms with Gasteiger partial charge in [-0.05, 0) is 60.7 Å². The van der Waals surface area contributed by atoms with Crippen molar-refractivity contribution in [1.82, 2.24) is 9.80 Å². The van der Waals surface area contributed by atoms with Gasteiger partial charge < -0.3 is 14.8 Å². The molecule has 0 bridgehead atoms. The number of thioether (sulfide) groups is 1. The molecule has 1 aliphatic rings. The zero-order valence-corrected chi connectivity index (χ0v) is 19.1. The summed E-state index contributed by atoms with van der Waals surface area (Å²) in [4.78, 5) is 18.2. The second-order valence-corrected chi connectivity index (χ2v) is 8.34. The van der Waals surface area contributed by atoms with Crippen LogP contribution in [-0.2, 0) is 11.3 Å². The minimum atomic E-state index is 0.0380. The fraction of sp³-hybridized carbons (Fsp3) is 0.435. The van der Waals surface area contributed by atoms with Gasteiger partial charge in [0.05, 0.1) is 20.8 Å². The molecule has 0 saturated carbocycles. The van der Waals surface area contributed by atoms with E-state index in [2.05, 4.69) is 28.1 Å². The molecule has 1 amide bonds. The van der Waals surface area contributed by atoms with Crippen LogP contribution in [0.5, 0.6) is 11.5 Å². The number of rotatable bonds is 8. The quantitative estimate of drug-likeness (QED) is 0.649. The number of methoxy groups -OCH3 is 2. The molecule has 7 heteroatoms. The highest BCUT2D eigenvalue weighted by Crippen LogP contribution is 2.31. The van der Waals surface area contributed by atoms with Crippen molar-refractivity contribution >= 4 is 23.4 Å². The normalized spacial score (nSPS) is 15.1. The Bertz CT molecular complexity index is 850. The molecule has 0 radical (unpaired) electrons. The third kappa shape index (κ3) is 5.90. The van der Waals surface area contributed by atoms with Gasteiger partial charge in [-0.1, -0.05) is 0 Å². The van der Waals surface area contributed by atoms with Gasteiger partial charge in [0.25, 0.3) is 0 Å². The van der Waals surface area contributed by atoms with E-state index < -0.39 is 0 Å². The Kier molecular flexibility index (Phi) is 8.01. The van der Waals surface area contributed by atoms with Crippen molar-refractivity contribution in [3.05, 3.63) is 47.5 Å². The van der Waals surface area contributed by atoms with E-state index in [1.165, 1.54) is 16.0 Å². The van der Waals surface area contributed by atoms with Crippen molar-refractivity contribution in [2.24, 2.45) is 0 Å². The lowest BCUT2D eigenvalue weighted by molar-refractivity contribution is -0.117. The van der Waals surface area contributed by atoms with Crippen LogP contribution in [0.25, 0.3) is 0 Å². The maximum Gasteiger partial charge on any atom is 0.238 e. The number of hydrogen-bond donors (Lipinski definition) is 1. The summed E-state index contributed by atoms with van der Waals surface area (Å²) in [6.07, 6.45) is 2.04. The maximum atomic E-state index is 12.4. The van der Waals surface area contributed by atoms with Gasteiger partial charge in [-0.15, -0.1) is 11.8 Å². The van der Waals surface area contributed by atoms with Crippen LogP contribution >= 0.6 is 11.8 Å². The number of anilines is 1. The van der Waals surface area contributed by atoms with Gasteiger partial charge >= 0.3 is 0 Å². The van der Waals surface area contributed by atoms with Crippen molar-refractivity contribution in [2.45, 2.75) is 18.4 Å². The summed E-state index contributed by atoms with van der Waals surface area (Å²) < 4.78 is 10.8. The molecule has 2 aromatic carbocycles. The zero-order chi connectivity index (χ0) is 21.5. The highest BCUT2D eigenvalue weighted by atomic mass is 32.2. The van der Waals surface area contributed by atoms with Crippen LogP contribution in [0.15, 0.2) is 41.3 Å². The van der Waals surface area contributed by atoms with Crippen LogP contribution in [0.2, 0.25) is 0 Å². The molecule has 0 aliphatic carbocycles. The molecule has 30 heavy (non-hydrogen) atoms. The second-order valence-electron chi connectivity index (χ2n) is 7.46. The van der Waals surface area contributed by atoms with E-state index in [4.69, 9.17) is 9.47 Å². The van der Waals surface area contributed by atoms with Crippen LogP contribution < -0.4 is 14.8 Å². The Morgan fingerprint density at radius 2 is 1.60 bits per heavy atom. The third-order valence-corrected chi connectivity index (χ3v) is 6.19. The van der Waals surface area contributed by atoms with E-state index in [1.807, 2.05) is 36.6 Å². The van der Waals surface area contributed by atoms with Gasteiger partial charge in [-0.3, -0.25) is 14.6 Å². The largest absolute Gasteiger partial charge is 0.493 e. The van der Waals surface area contributed by atoms with Crippen LogP contribution in [0.3, 0.4) is 0 Å². The van der Waals surface area contributed by atoms with Crippen molar-refractivity contribution < 1.29 is 14.3 Å². The molecule has 0 spiro atoms. The molecule has 2 aromatic rings. The Labute approximate surface area is 183 Å². The van der Waals surface area contributed by atoms with E-state index in [-0.39, 0.29) is 5.91 Å². The number of aryl methyl sites for hydroxylation is 1. The van der Waals surface area contributed by atoms with Crippen molar-refractivity contribution in [2.75, 3.05) is 58.5 Å². The molecule has 3 rings (SSSR count). The van der Waals surface area contributed by atoms with E-state index in [9.17, 15) is 4.79 Å². The van der Waals surface area contributed by atoms with Crippen LogP contribution in [0.1, 0.15) is 11.1 Å². The fourth-order valence-electron chi connectivity index (χ4n) is 3.62. The monoisotopic (exact) mass is 429 g/mol. The Balaban J connectivity index is 1.48. The second kappa shape index (κ2) is 10.7. The lowest BCUT2D eigenvalue weighted by Gasteiger charge is -2.34. The average Bonchev–Trinajstić information content (AvgIpc) is 2.76. The Hall–Kier alpha value is -2.22. The molecule has 1 saturated heterocycles. The van der Waals surface area contributed by atoms with Gasteiger partial charge in [0.1, 0.15) is 0 Å². The average molecular weight is 430 g/mol. The number of nitrogens with zero attached hydrogens (tertiary/aromatic N) is 2. The number of hydrogen-bond acceptors (Lipinski definition) is 6. The van der Waals surface area contributed by atoms with Gasteiger partial charge in [-0.2, -0.15) is 0 Å². The van der Waals surface area contributed by atoms with Crippen molar-refractivity contribution in [1.29, 1.82) is 0 Å². The molecule has 0 unspecified atom stereocenters. The van der Waals surface area contributed by atoms with E-state index in [1.54, 1.807) is 26.0 Å².